The van der Waals surface area contributed by atoms with E-state index in [4.69, 9.17) is 5.11 Å². The van der Waals surface area contributed by atoms with Gasteiger partial charge in [0, 0.05) is 13.1 Å². The average Bonchev–Trinajstić information content (AvgIpc) is 2.49. The lowest BCUT2D eigenvalue weighted by Gasteiger charge is -2.35. The fraction of sp³-hybridized carbons (Fsp3) is 0.714. The molecule has 10 heteroatoms. The molecule has 0 amide bonds. The molecule has 0 aromatic carbocycles. The first kappa shape index (κ1) is 21.8. The van der Waals surface area contributed by atoms with Gasteiger partial charge < -0.3 is 19.7 Å². The summed E-state index contributed by atoms with van der Waals surface area (Å²) >= 11 is 0. The lowest BCUT2D eigenvalue weighted by Crippen LogP contribution is -2.54. The van der Waals surface area contributed by atoms with E-state index in [2.05, 4.69) is 9.47 Å². The average molecular weight is 348 g/mol. The largest absolute Gasteiger partial charge is 0.480 e. The molecule has 24 heavy (non-hydrogen) atoms. The molecule has 0 aromatic heterocycles. The van der Waals surface area contributed by atoms with Crippen LogP contribution in [0.5, 0.6) is 0 Å². The van der Waals surface area contributed by atoms with Crippen LogP contribution in [0.2, 0.25) is 0 Å². The Morgan fingerprint density at radius 1 is 0.875 bits per heavy atom. The van der Waals surface area contributed by atoms with Crippen molar-refractivity contribution in [2.75, 3.05) is 46.9 Å². The molecule has 0 aliphatic carbocycles. The maximum atomic E-state index is 11.4. The second-order valence-corrected chi connectivity index (χ2v) is 5.54. The van der Waals surface area contributed by atoms with Crippen LogP contribution in [0, 0.1) is 0 Å². The molecular weight excluding hydrogens is 324 g/mol. The first-order valence-electron chi connectivity index (χ1n) is 7.10. The quantitative estimate of drug-likeness (QED) is 0.442. The Labute approximate surface area is 139 Å². The van der Waals surface area contributed by atoms with Gasteiger partial charge in [0.1, 0.15) is 5.54 Å². The van der Waals surface area contributed by atoms with Gasteiger partial charge in [0.2, 0.25) is 0 Å². The molecule has 0 saturated carbocycles. The molecule has 0 bridgehead atoms. The Bertz CT molecular complexity index is 459. The van der Waals surface area contributed by atoms with Gasteiger partial charge in [-0.05, 0) is 13.8 Å². The summed E-state index contributed by atoms with van der Waals surface area (Å²) < 4.78 is 9.08. The van der Waals surface area contributed by atoms with Crippen molar-refractivity contribution in [1.29, 1.82) is 0 Å². The van der Waals surface area contributed by atoms with Crippen LogP contribution >= 0.6 is 0 Å². The summed E-state index contributed by atoms with van der Waals surface area (Å²) in [6.07, 6.45) is 0. The Kier molecular flexibility index (Phi) is 8.93. The highest BCUT2D eigenvalue weighted by molar-refractivity contribution is 5.79. The van der Waals surface area contributed by atoms with E-state index < -0.39 is 36.0 Å². The molecule has 2 N–H and O–H groups in total. The predicted molar refractivity (Wildman–Crippen MR) is 81.4 cm³/mol. The molecular formula is C14H24N2O8. The summed E-state index contributed by atoms with van der Waals surface area (Å²) in [5, 5.41) is 18.2. The topological polar surface area (TPSA) is 134 Å². The maximum Gasteiger partial charge on any atom is 0.323 e. The number of rotatable bonds is 11. The van der Waals surface area contributed by atoms with Crippen LogP contribution in [0.15, 0.2) is 0 Å². The van der Waals surface area contributed by atoms with Crippen LogP contribution in [0.3, 0.4) is 0 Å². The highest BCUT2D eigenvalue weighted by Crippen LogP contribution is 2.14. The monoisotopic (exact) mass is 348 g/mol. The number of nitrogens with zero attached hydrogens (tertiary/aromatic N) is 2. The van der Waals surface area contributed by atoms with Gasteiger partial charge in [0.15, 0.2) is 0 Å². The molecule has 0 radical (unpaired) electrons. The molecule has 0 unspecified atom stereocenters. The number of carboxylic acid groups (broad SMARTS) is 2. The fourth-order valence-electron chi connectivity index (χ4n) is 1.83. The van der Waals surface area contributed by atoms with Crippen molar-refractivity contribution in [2.45, 2.75) is 19.4 Å². The van der Waals surface area contributed by atoms with Crippen molar-refractivity contribution in [3.05, 3.63) is 0 Å². The van der Waals surface area contributed by atoms with E-state index in [1.165, 1.54) is 37.9 Å². The molecule has 10 nitrogen and oxygen atoms in total. The summed E-state index contributed by atoms with van der Waals surface area (Å²) in [6, 6.07) is 0. The third-order valence-corrected chi connectivity index (χ3v) is 3.49. The third-order valence-electron chi connectivity index (χ3n) is 3.49. The van der Waals surface area contributed by atoms with Crippen LogP contribution in [0.4, 0.5) is 0 Å². The van der Waals surface area contributed by atoms with E-state index in [-0.39, 0.29) is 26.2 Å². The number of carboxylic acids is 2. The van der Waals surface area contributed by atoms with Crippen molar-refractivity contribution in [3.63, 3.8) is 0 Å². The smallest absolute Gasteiger partial charge is 0.323 e. The molecule has 0 aromatic rings. The van der Waals surface area contributed by atoms with Gasteiger partial charge in [-0.3, -0.25) is 29.0 Å². The van der Waals surface area contributed by atoms with Crippen LogP contribution in [0.25, 0.3) is 0 Å². The molecule has 0 aliphatic rings. The first-order valence-corrected chi connectivity index (χ1v) is 7.10. The lowest BCUT2D eigenvalue weighted by atomic mass is 10.0. The number of methoxy groups -OCH3 is 2. The molecule has 0 saturated heterocycles. The maximum absolute atomic E-state index is 11.4. The summed E-state index contributed by atoms with van der Waals surface area (Å²) in [5.41, 5.74) is -1.43. The van der Waals surface area contributed by atoms with Crippen molar-refractivity contribution in [2.24, 2.45) is 0 Å². The second-order valence-electron chi connectivity index (χ2n) is 5.54. The number of carbonyl (C=O) groups excluding carboxylic acids is 2. The van der Waals surface area contributed by atoms with Gasteiger partial charge >= 0.3 is 23.9 Å². The number of hydrogen-bond donors (Lipinski definition) is 2. The molecule has 0 rings (SSSR count). The highest BCUT2D eigenvalue weighted by Gasteiger charge is 2.35. The van der Waals surface area contributed by atoms with Crippen LogP contribution in [0.1, 0.15) is 13.8 Å². The molecule has 0 heterocycles. The van der Waals surface area contributed by atoms with Crippen molar-refractivity contribution in [3.8, 4) is 0 Å². The Hall–Kier alpha value is -2.20. The van der Waals surface area contributed by atoms with E-state index in [0.717, 1.165) is 0 Å². The third kappa shape index (κ3) is 7.38. The molecule has 0 spiro atoms. The zero-order valence-corrected chi connectivity index (χ0v) is 14.3. The Morgan fingerprint density at radius 3 is 1.67 bits per heavy atom. The van der Waals surface area contributed by atoms with E-state index in [9.17, 15) is 24.3 Å². The SMILES string of the molecule is COC(=O)CN(CCN(CC(=O)O)C(C)(C)C(=O)O)CC(=O)OC. The molecule has 0 aliphatic heterocycles. The summed E-state index contributed by atoms with van der Waals surface area (Å²) in [6.45, 7) is 1.93. The van der Waals surface area contributed by atoms with Gasteiger partial charge in [0.05, 0.1) is 33.9 Å². The van der Waals surface area contributed by atoms with Crippen LogP contribution in [-0.2, 0) is 28.7 Å². The number of hydrogen-bond acceptors (Lipinski definition) is 8. The Balaban J connectivity index is 5.06. The van der Waals surface area contributed by atoms with Crippen LogP contribution in [-0.4, -0.2) is 96.4 Å². The number of aliphatic carboxylic acids is 2. The standard InChI is InChI=1S/C14H24N2O8/c1-14(2,13(21)22)16(7-10(17)18)6-5-15(8-11(19)23-3)9-12(20)24-4/h5-9H2,1-4H3,(H,17,18)(H,21,22). The molecule has 0 atom stereocenters. The molecule has 0 fully saturated rings. The van der Waals surface area contributed by atoms with E-state index in [1.54, 1.807) is 0 Å². The minimum atomic E-state index is -1.43. The minimum absolute atomic E-state index is 0.0135. The number of esters is 2. The lowest BCUT2D eigenvalue weighted by molar-refractivity contribution is -0.154. The van der Waals surface area contributed by atoms with Crippen molar-refractivity contribution in [1.82, 2.24) is 9.80 Å². The minimum Gasteiger partial charge on any atom is -0.480 e. The highest BCUT2D eigenvalue weighted by atomic mass is 16.5. The van der Waals surface area contributed by atoms with E-state index >= 15 is 0 Å². The fourth-order valence-corrected chi connectivity index (χ4v) is 1.83. The van der Waals surface area contributed by atoms with Gasteiger partial charge in [0.25, 0.3) is 0 Å². The molecule has 138 valence electrons. The number of ether oxygens (including phenoxy) is 2. The second kappa shape index (κ2) is 9.83. The predicted octanol–water partition coefficient (Wildman–Crippen LogP) is -1.12. The summed E-state index contributed by atoms with van der Waals surface area (Å²) in [7, 11) is 2.39. The number of carbonyl (C=O) groups is 4. The summed E-state index contributed by atoms with van der Waals surface area (Å²) in [4.78, 5) is 47.7. The van der Waals surface area contributed by atoms with E-state index in [1.807, 2.05) is 0 Å². The zero-order valence-electron chi connectivity index (χ0n) is 14.3. The van der Waals surface area contributed by atoms with Gasteiger partial charge in [-0.15, -0.1) is 0 Å². The van der Waals surface area contributed by atoms with E-state index in [0.29, 0.717) is 0 Å². The van der Waals surface area contributed by atoms with Crippen LogP contribution < -0.4 is 0 Å². The first-order chi connectivity index (χ1) is 11.0. The van der Waals surface area contributed by atoms with Gasteiger partial charge in [-0.1, -0.05) is 0 Å². The van der Waals surface area contributed by atoms with Crippen molar-refractivity contribution < 1.29 is 38.9 Å². The van der Waals surface area contributed by atoms with Gasteiger partial charge in [-0.2, -0.15) is 0 Å². The normalized spacial score (nSPS) is 11.4. The van der Waals surface area contributed by atoms with Crippen molar-refractivity contribution >= 4 is 23.9 Å². The summed E-state index contributed by atoms with van der Waals surface area (Å²) in [5.74, 6) is -3.53. The zero-order chi connectivity index (χ0) is 18.9. The van der Waals surface area contributed by atoms with Gasteiger partial charge in [-0.25, -0.2) is 0 Å². The Morgan fingerprint density at radius 2 is 1.33 bits per heavy atom.